The van der Waals surface area contributed by atoms with Gasteiger partial charge in [-0.25, -0.2) is 13.4 Å². The first-order chi connectivity index (χ1) is 12.9. The van der Waals surface area contributed by atoms with E-state index in [2.05, 4.69) is 11.1 Å². The van der Waals surface area contributed by atoms with Crippen molar-refractivity contribution in [3.8, 4) is 17.7 Å². The predicted octanol–water partition coefficient (Wildman–Crippen LogP) is 3.86. The number of fused-ring (bicyclic) bond motifs is 3. The molecule has 6 nitrogen and oxygen atoms in total. The van der Waals surface area contributed by atoms with Gasteiger partial charge in [0.1, 0.15) is 11.8 Å². The normalized spacial score (nSPS) is 11.6. The number of aryl methyl sites for hydroxylation is 1. The third-order valence-electron chi connectivity index (χ3n) is 4.31. The SMILES string of the molecule is Cc1cc(Oc2cccc(S(C)(=O)=O)c2)n2c(nc3ccccc32)c1C#N. The summed E-state index contributed by atoms with van der Waals surface area (Å²) in [7, 11) is -3.34. The molecule has 4 rings (SSSR count). The van der Waals surface area contributed by atoms with Crippen LogP contribution in [0.5, 0.6) is 11.6 Å². The van der Waals surface area contributed by atoms with E-state index in [9.17, 15) is 13.7 Å². The number of para-hydroxylation sites is 2. The molecule has 0 N–H and O–H groups in total. The van der Waals surface area contributed by atoms with Gasteiger partial charge in [0.2, 0.25) is 5.88 Å². The molecule has 2 heterocycles. The summed E-state index contributed by atoms with van der Waals surface area (Å²) in [6, 6.07) is 17.8. The lowest BCUT2D eigenvalue weighted by atomic mass is 10.1. The zero-order chi connectivity index (χ0) is 19.2. The van der Waals surface area contributed by atoms with Crippen LogP contribution in [0.4, 0.5) is 0 Å². The van der Waals surface area contributed by atoms with E-state index in [0.29, 0.717) is 22.8 Å². The van der Waals surface area contributed by atoms with E-state index in [0.717, 1.165) is 22.9 Å². The van der Waals surface area contributed by atoms with Crippen molar-refractivity contribution in [2.75, 3.05) is 6.26 Å². The van der Waals surface area contributed by atoms with Gasteiger partial charge in [-0.2, -0.15) is 5.26 Å². The number of ether oxygens (including phenoxy) is 1. The maximum Gasteiger partial charge on any atom is 0.206 e. The average Bonchev–Trinajstić information content (AvgIpc) is 3.01. The molecular formula is C20H15N3O3S. The second-order valence-electron chi connectivity index (χ2n) is 6.26. The molecule has 0 aliphatic rings. The van der Waals surface area contributed by atoms with Crippen LogP contribution in [0.2, 0.25) is 0 Å². The fraction of sp³-hybridized carbons (Fsp3) is 0.100. The van der Waals surface area contributed by atoms with Crippen LogP contribution in [0, 0.1) is 18.3 Å². The molecule has 27 heavy (non-hydrogen) atoms. The van der Waals surface area contributed by atoms with Gasteiger partial charge in [-0.05, 0) is 42.8 Å². The number of pyridine rings is 1. The highest BCUT2D eigenvalue weighted by molar-refractivity contribution is 7.90. The number of nitriles is 1. The lowest BCUT2D eigenvalue weighted by Crippen LogP contribution is -2.00. The van der Waals surface area contributed by atoms with Crippen molar-refractivity contribution in [2.45, 2.75) is 11.8 Å². The number of hydrogen-bond donors (Lipinski definition) is 0. The van der Waals surface area contributed by atoms with Gasteiger partial charge in [0.25, 0.3) is 0 Å². The average molecular weight is 377 g/mol. The monoisotopic (exact) mass is 377 g/mol. The molecule has 0 aliphatic carbocycles. The highest BCUT2D eigenvalue weighted by Gasteiger charge is 2.17. The van der Waals surface area contributed by atoms with Gasteiger partial charge in [-0.1, -0.05) is 18.2 Å². The molecule has 4 aromatic rings. The van der Waals surface area contributed by atoms with Crippen molar-refractivity contribution in [3.63, 3.8) is 0 Å². The first-order valence-electron chi connectivity index (χ1n) is 8.17. The van der Waals surface area contributed by atoms with Crippen molar-refractivity contribution in [1.29, 1.82) is 5.26 Å². The summed E-state index contributed by atoms with van der Waals surface area (Å²) in [6.45, 7) is 1.82. The Kier molecular flexibility index (Phi) is 3.86. The van der Waals surface area contributed by atoms with Gasteiger partial charge in [-0.3, -0.25) is 4.40 Å². The summed E-state index contributed by atoms with van der Waals surface area (Å²) in [5, 5.41) is 9.54. The van der Waals surface area contributed by atoms with E-state index < -0.39 is 9.84 Å². The molecule has 7 heteroatoms. The highest BCUT2D eigenvalue weighted by atomic mass is 32.2. The molecule has 0 atom stereocenters. The quantitative estimate of drug-likeness (QED) is 0.541. The van der Waals surface area contributed by atoms with Crippen LogP contribution in [0.25, 0.3) is 16.7 Å². The lowest BCUT2D eigenvalue weighted by Gasteiger charge is -2.12. The van der Waals surface area contributed by atoms with Gasteiger partial charge in [0.15, 0.2) is 15.5 Å². The molecule has 0 radical (unpaired) electrons. The van der Waals surface area contributed by atoms with Crippen LogP contribution in [0.3, 0.4) is 0 Å². The number of benzene rings is 2. The molecule has 0 unspecified atom stereocenters. The number of imidazole rings is 1. The summed E-state index contributed by atoms with van der Waals surface area (Å²) in [5.41, 5.74) is 3.26. The molecule has 0 saturated carbocycles. The molecule has 134 valence electrons. The lowest BCUT2D eigenvalue weighted by molar-refractivity contribution is 0.456. The number of nitrogens with zero attached hydrogens (tertiary/aromatic N) is 3. The minimum absolute atomic E-state index is 0.178. The van der Waals surface area contributed by atoms with Crippen LogP contribution in [0.1, 0.15) is 11.1 Å². The summed E-state index contributed by atoms with van der Waals surface area (Å²) in [6.07, 6.45) is 1.15. The van der Waals surface area contributed by atoms with Crippen LogP contribution < -0.4 is 4.74 Å². The largest absolute Gasteiger partial charge is 0.440 e. The Bertz CT molecular complexity index is 1350. The van der Waals surface area contributed by atoms with Crippen molar-refractivity contribution < 1.29 is 13.2 Å². The molecule has 0 saturated heterocycles. The van der Waals surface area contributed by atoms with Crippen LogP contribution in [-0.2, 0) is 9.84 Å². The molecule has 2 aromatic heterocycles. The van der Waals surface area contributed by atoms with Crippen LogP contribution >= 0.6 is 0 Å². The minimum Gasteiger partial charge on any atom is -0.440 e. The maximum atomic E-state index is 11.8. The minimum atomic E-state index is -3.34. The maximum absolute atomic E-state index is 11.8. The van der Waals surface area contributed by atoms with Crippen molar-refractivity contribution in [3.05, 3.63) is 65.7 Å². The Morgan fingerprint density at radius 1 is 1.11 bits per heavy atom. The van der Waals surface area contributed by atoms with E-state index in [-0.39, 0.29) is 4.90 Å². The topological polar surface area (TPSA) is 84.5 Å². The second-order valence-corrected chi connectivity index (χ2v) is 8.28. The standard InChI is InChI=1S/C20H15N3O3S/c1-13-10-19(26-14-6-5-7-15(11-14)27(2,24)25)23-18-9-4-3-8-17(18)22-20(23)16(13)12-21/h3-11H,1-2H3. The molecule has 0 bridgehead atoms. The van der Waals surface area contributed by atoms with Gasteiger partial charge in [0.05, 0.1) is 21.5 Å². The van der Waals surface area contributed by atoms with E-state index in [1.165, 1.54) is 12.1 Å². The molecule has 0 spiro atoms. The summed E-state index contributed by atoms with van der Waals surface area (Å²) in [5.74, 6) is 0.849. The Labute approximate surface area is 156 Å². The van der Waals surface area contributed by atoms with Gasteiger partial charge in [-0.15, -0.1) is 0 Å². The van der Waals surface area contributed by atoms with Crippen molar-refractivity contribution in [1.82, 2.24) is 9.38 Å². The fourth-order valence-corrected chi connectivity index (χ4v) is 3.67. The summed E-state index contributed by atoms with van der Waals surface area (Å²) < 4.78 is 31.4. The first kappa shape index (κ1) is 17.1. The van der Waals surface area contributed by atoms with Gasteiger partial charge < -0.3 is 4.74 Å². The van der Waals surface area contributed by atoms with Crippen molar-refractivity contribution >= 4 is 26.5 Å². The smallest absolute Gasteiger partial charge is 0.206 e. The molecule has 2 aromatic carbocycles. The molecular weight excluding hydrogens is 362 g/mol. The van der Waals surface area contributed by atoms with Gasteiger partial charge in [0, 0.05) is 12.3 Å². The van der Waals surface area contributed by atoms with E-state index in [1.54, 1.807) is 22.6 Å². The summed E-state index contributed by atoms with van der Waals surface area (Å²) >= 11 is 0. The third-order valence-corrected chi connectivity index (χ3v) is 5.42. The van der Waals surface area contributed by atoms with Crippen LogP contribution in [0.15, 0.2) is 59.5 Å². The Hall–Kier alpha value is -3.37. The zero-order valence-corrected chi connectivity index (χ0v) is 15.5. The Morgan fingerprint density at radius 2 is 1.89 bits per heavy atom. The highest BCUT2D eigenvalue weighted by Crippen LogP contribution is 2.31. The Morgan fingerprint density at radius 3 is 2.63 bits per heavy atom. The van der Waals surface area contributed by atoms with E-state index in [1.807, 2.05) is 31.2 Å². The van der Waals surface area contributed by atoms with Gasteiger partial charge >= 0.3 is 0 Å². The van der Waals surface area contributed by atoms with Crippen LogP contribution in [-0.4, -0.2) is 24.1 Å². The third kappa shape index (κ3) is 2.90. The number of hydrogen-bond acceptors (Lipinski definition) is 5. The summed E-state index contributed by atoms with van der Waals surface area (Å²) in [4.78, 5) is 4.75. The first-order valence-corrected chi connectivity index (χ1v) is 10.1. The number of sulfone groups is 1. The zero-order valence-electron chi connectivity index (χ0n) is 14.7. The second kappa shape index (κ2) is 6.11. The van der Waals surface area contributed by atoms with E-state index >= 15 is 0 Å². The van der Waals surface area contributed by atoms with Crippen molar-refractivity contribution in [2.24, 2.45) is 0 Å². The predicted molar refractivity (Wildman–Crippen MR) is 102 cm³/mol. The van der Waals surface area contributed by atoms with E-state index in [4.69, 9.17) is 4.74 Å². The number of rotatable bonds is 3. The Balaban J connectivity index is 1.96. The fourth-order valence-electron chi connectivity index (χ4n) is 3.02. The molecule has 0 aliphatic heterocycles. The molecule has 0 amide bonds. The number of aromatic nitrogens is 2. The molecule has 0 fully saturated rings.